The highest BCUT2D eigenvalue weighted by Crippen LogP contribution is 2.25. The number of hydrogen-bond acceptors (Lipinski definition) is 2. The van der Waals surface area contributed by atoms with Crippen LogP contribution in [0.25, 0.3) is 0 Å². The number of likely N-dealkylation sites (tertiary alicyclic amines) is 1. The van der Waals surface area contributed by atoms with Crippen LogP contribution < -0.4 is 0 Å². The van der Waals surface area contributed by atoms with Crippen LogP contribution in [0.4, 0.5) is 0 Å². The molecule has 0 aliphatic carbocycles. The second kappa shape index (κ2) is 6.13. The molecule has 0 aromatic carbocycles. The summed E-state index contributed by atoms with van der Waals surface area (Å²) in [4.78, 5) is 13.1. The predicted octanol–water partition coefficient (Wildman–Crippen LogP) is 2.31. The molecule has 2 unspecified atom stereocenters. The highest BCUT2D eigenvalue weighted by molar-refractivity contribution is 6.25. The molecule has 0 amide bonds. The van der Waals surface area contributed by atoms with Crippen molar-refractivity contribution in [3.8, 4) is 0 Å². The number of rotatable bonds is 5. The van der Waals surface area contributed by atoms with Gasteiger partial charge in [-0.25, -0.2) is 0 Å². The van der Waals surface area contributed by atoms with Crippen molar-refractivity contribution in [1.29, 1.82) is 0 Å². The van der Waals surface area contributed by atoms with Crippen molar-refractivity contribution in [3.05, 3.63) is 11.6 Å². The Hall–Kier alpha value is -0.540. The minimum absolute atomic E-state index is 0.292. The smallest absolute Gasteiger partial charge is 0.320 e. The predicted molar refractivity (Wildman–Crippen MR) is 61.0 cm³/mol. The van der Waals surface area contributed by atoms with Gasteiger partial charge >= 0.3 is 5.97 Å². The van der Waals surface area contributed by atoms with Gasteiger partial charge in [0.2, 0.25) is 0 Å². The molecule has 0 radical (unpaired) electrons. The summed E-state index contributed by atoms with van der Waals surface area (Å²) in [6.45, 7) is 3.81. The minimum Gasteiger partial charge on any atom is -0.480 e. The molecule has 1 N–H and O–H groups in total. The molecule has 1 aliphatic heterocycles. The van der Waals surface area contributed by atoms with E-state index in [9.17, 15) is 4.79 Å². The maximum absolute atomic E-state index is 11.0. The van der Waals surface area contributed by atoms with Crippen LogP contribution in [-0.2, 0) is 4.79 Å². The third-order valence-electron chi connectivity index (χ3n) is 2.86. The van der Waals surface area contributed by atoms with E-state index in [0.717, 1.165) is 25.9 Å². The summed E-state index contributed by atoms with van der Waals surface area (Å²) >= 11 is 5.51. The monoisotopic (exact) mass is 231 g/mol. The zero-order valence-electron chi connectivity index (χ0n) is 9.03. The SMILES string of the molecule is CCCCN1CC(/C=C\Cl)CC1C(=O)O. The fourth-order valence-corrected chi connectivity index (χ4v) is 2.25. The molecule has 1 rings (SSSR count). The molecule has 0 bridgehead atoms. The molecule has 0 spiro atoms. The minimum atomic E-state index is -0.712. The van der Waals surface area contributed by atoms with Gasteiger partial charge in [-0.15, -0.1) is 0 Å². The van der Waals surface area contributed by atoms with Crippen LogP contribution in [0.5, 0.6) is 0 Å². The number of halogens is 1. The quantitative estimate of drug-likeness (QED) is 0.790. The van der Waals surface area contributed by atoms with E-state index in [1.165, 1.54) is 5.54 Å². The largest absolute Gasteiger partial charge is 0.480 e. The molecular formula is C11H18ClNO2. The molecule has 1 saturated heterocycles. The Kier molecular flexibility index (Phi) is 5.12. The van der Waals surface area contributed by atoms with Crippen molar-refractivity contribution in [3.63, 3.8) is 0 Å². The van der Waals surface area contributed by atoms with Crippen molar-refractivity contribution < 1.29 is 9.90 Å². The number of carboxylic acid groups (broad SMARTS) is 1. The van der Waals surface area contributed by atoms with Crippen molar-refractivity contribution >= 4 is 17.6 Å². The summed E-state index contributed by atoms with van der Waals surface area (Å²) in [7, 11) is 0. The first-order valence-corrected chi connectivity index (χ1v) is 5.86. The molecule has 0 aromatic heterocycles. The van der Waals surface area contributed by atoms with Crippen molar-refractivity contribution in [1.82, 2.24) is 4.90 Å². The topological polar surface area (TPSA) is 40.5 Å². The van der Waals surface area contributed by atoms with Gasteiger partial charge in [0.05, 0.1) is 0 Å². The average Bonchev–Trinajstić information content (AvgIpc) is 2.59. The number of carboxylic acids is 1. The number of hydrogen-bond donors (Lipinski definition) is 1. The first-order chi connectivity index (χ1) is 7.19. The van der Waals surface area contributed by atoms with E-state index in [0.29, 0.717) is 12.3 Å². The van der Waals surface area contributed by atoms with Crippen molar-refractivity contribution in [2.75, 3.05) is 13.1 Å². The van der Waals surface area contributed by atoms with Gasteiger partial charge in [0.25, 0.3) is 0 Å². The van der Waals surface area contributed by atoms with E-state index in [1.54, 1.807) is 0 Å². The van der Waals surface area contributed by atoms with Gasteiger partial charge in [-0.2, -0.15) is 0 Å². The van der Waals surface area contributed by atoms with Crippen LogP contribution in [0.15, 0.2) is 11.6 Å². The Bertz CT molecular complexity index is 243. The first kappa shape index (κ1) is 12.5. The second-order valence-corrected chi connectivity index (χ2v) is 4.27. The van der Waals surface area contributed by atoms with Gasteiger partial charge in [-0.3, -0.25) is 9.69 Å². The summed E-state index contributed by atoms with van der Waals surface area (Å²) in [5.41, 5.74) is 1.49. The third kappa shape index (κ3) is 3.50. The van der Waals surface area contributed by atoms with E-state index in [1.807, 2.05) is 11.0 Å². The van der Waals surface area contributed by atoms with Crippen LogP contribution in [0, 0.1) is 5.92 Å². The highest BCUT2D eigenvalue weighted by atomic mass is 35.5. The lowest BCUT2D eigenvalue weighted by Crippen LogP contribution is -2.36. The number of nitrogens with zero attached hydrogens (tertiary/aromatic N) is 1. The van der Waals surface area contributed by atoms with Gasteiger partial charge in [0.15, 0.2) is 0 Å². The van der Waals surface area contributed by atoms with E-state index in [2.05, 4.69) is 6.92 Å². The Morgan fingerprint density at radius 1 is 1.67 bits per heavy atom. The summed E-state index contributed by atoms with van der Waals surface area (Å²) in [6, 6.07) is -0.325. The molecule has 3 nitrogen and oxygen atoms in total. The zero-order chi connectivity index (χ0) is 11.3. The molecule has 15 heavy (non-hydrogen) atoms. The van der Waals surface area contributed by atoms with Gasteiger partial charge in [0, 0.05) is 12.1 Å². The molecule has 4 heteroatoms. The summed E-state index contributed by atoms with van der Waals surface area (Å²) in [5, 5.41) is 9.07. The molecular weight excluding hydrogens is 214 g/mol. The lowest BCUT2D eigenvalue weighted by atomic mass is 10.1. The molecule has 0 saturated carbocycles. The fraction of sp³-hybridized carbons (Fsp3) is 0.727. The maximum Gasteiger partial charge on any atom is 0.320 e. The molecule has 1 fully saturated rings. The normalized spacial score (nSPS) is 27.6. The van der Waals surface area contributed by atoms with Crippen molar-refractivity contribution in [2.24, 2.45) is 5.92 Å². The third-order valence-corrected chi connectivity index (χ3v) is 3.01. The molecule has 1 heterocycles. The van der Waals surface area contributed by atoms with Crippen molar-refractivity contribution in [2.45, 2.75) is 32.2 Å². The average molecular weight is 232 g/mol. The Labute approximate surface area is 95.7 Å². The fourth-order valence-electron chi connectivity index (χ4n) is 2.05. The lowest BCUT2D eigenvalue weighted by molar-refractivity contribution is -0.142. The van der Waals surface area contributed by atoms with Crippen LogP contribution in [0.1, 0.15) is 26.2 Å². The molecule has 1 aliphatic rings. The van der Waals surface area contributed by atoms with E-state index < -0.39 is 5.97 Å². The van der Waals surface area contributed by atoms with Gasteiger partial charge < -0.3 is 5.11 Å². The van der Waals surface area contributed by atoms with Gasteiger partial charge in [0.1, 0.15) is 6.04 Å². The summed E-state index contributed by atoms with van der Waals surface area (Å²) in [6.07, 6.45) is 4.73. The van der Waals surface area contributed by atoms with Crippen LogP contribution >= 0.6 is 11.6 Å². The number of aliphatic carboxylic acids is 1. The van der Waals surface area contributed by atoms with Crippen LogP contribution in [0.3, 0.4) is 0 Å². The molecule has 0 aromatic rings. The highest BCUT2D eigenvalue weighted by Gasteiger charge is 2.34. The lowest BCUT2D eigenvalue weighted by Gasteiger charge is -2.20. The van der Waals surface area contributed by atoms with Gasteiger partial charge in [-0.05, 0) is 25.3 Å². The Morgan fingerprint density at radius 3 is 2.93 bits per heavy atom. The van der Waals surface area contributed by atoms with E-state index >= 15 is 0 Å². The molecule has 2 atom stereocenters. The number of carbonyl (C=O) groups is 1. The van der Waals surface area contributed by atoms with Crippen LogP contribution in [0.2, 0.25) is 0 Å². The van der Waals surface area contributed by atoms with Gasteiger partial charge in [-0.1, -0.05) is 31.0 Å². The van der Waals surface area contributed by atoms with E-state index in [-0.39, 0.29) is 6.04 Å². The number of unbranched alkanes of at least 4 members (excludes halogenated alkanes) is 1. The summed E-state index contributed by atoms with van der Waals surface area (Å²) in [5.74, 6) is -0.419. The van der Waals surface area contributed by atoms with Crippen LogP contribution in [-0.4, -0.2) is 35.1 Å². The second-order valence-electron chi connectivity index (χ2n) is 4.02. The standard InChI is InChI=1S/C11H18ClNO2/c1-2-3-6-13-8-9(4-5-12)7-10(13)11(14)15/h4-5,9-10H,2-3,6-8H2,1H3,(H,14,15)/b5-4-. The van der Waals surface area contributed by atoms with E-state index in [4.69, 9.17) is 16.7 Å². The molecule has 86 valence electrons. The maximum atomic E-state index is 11.0. The first-order valence-electron chi connectivity index (χ1n) is 5.42. The summed E-state index contributed by atoms with van der Waals surface area (Å²) < 4.78 is 0. The Balaban J connectivity index is 2.55. The Morgan fingerprint density at radius 2 is 2.40 bits per heavy atom. The zero-order valence-corrected chi connectivity index (χ0v) is 9.78.